The lowest BCUT2D eigenvalue weighted by Crippen LogP contribution is -2.25. The number of hydrogen-bond acceptors (Lipinski definition) is 7. The molecule has 198 valence electrons. The van der Waals surface area contributed by atoms with Gasteiger partial charge in [0.15, 0.2) is 5.78 Å². The Hall–Kier alpha value is -1.35. The van der Waals surface area contributed by atoms with Crippen LogP contribution >= 0.6 is 48.3 Å². The van der Waals surface area contributed by atoms with Crippen LogP contribution in [0.1, 0.15) is 64.3 Å². The Morgan fingerprint density at radius 3 is 1.33 bits per heavy atom. The smallest absolute Gasteiger partial charge is 0.219 e. The molecule has 0 N–H and O–H groups in total. The molecule has 1 aliphatic carbocycles. The highest BCUT2D eigenvalue weighted by Gasteiger charge is 2.28. The maximum Gasteiger partial charge on any atom is 0.219 e. The number of benzene rings is 2. The average Bonchev–Trinajstić information content (AvgIpc) is 3.15. The van der Waals surface area contributed by atoms with Crippen molar-refractivity contribution < 1.29 is 14.4 Å². The number of fused-ring (bicyclic) bond motifs is 3. The molecule has 0 saturated carbocycles. The van der Waals surface area contributed by atoms with Crippen LogP contribution in [0.3, 0.4) is 0 Å². The van der Waals surface area contributed by atoms with Gasteiger partial charge < -0.3 is 9.80 Å². The van der Waals surface area contributed by atoms with E-state index in [1.54, 1.807) is 24.3 Å². The molecule has 0 fully saturated rings. The van der Waals surface area contributed by atoms with Gasteiger partial charge in [0.1, 0.15) is 0 Å². The lowest BCUT2D eigenvalue weighted by molar-refractivity contribution is 0.104. The van der Waals surface area contributed by atoms with Crippen molar-refractivity contribution in [2.24, 2.45) is 0 Å². The third kappa shape index (κ3) is 7.83. The minimum absolute atomic E-state index is 0. The zero-order valence-electron chi connectivity index (χ0n) is 21.4. The molecule has 2 aromatic rings. The highest BCUT2D eigenvalue weighted by atomic mass is 35.5. The van der Waals surface area contributed by atoms with Gasteiger partial charge in [0.25, 0.3) is 0 Å². The van der Waals surface area contributed by atoms with Crippen molar-refractivity contribution in [1.29, 1.82) is 0 Å². The Balaban J connectivity index is 0.00000324. The Morgan fingerprint density at radius 1 is 0.639 bits per heavy atom. The second-order valence-corrected chi connectivity index (χ2v) is 10.3. The van der Waals surface area contributed by atoms with Crippen molar-refractivity contribution in [2.75, 3.05) is 50.8 Å². The molecule has 36 heavy (non-hydrogen) atoms. The lowest BCUT2D eigenvalue weighted by Gasteiger charge is -2.16. The summed E-state index contributed by atoms with van der Waals surface area (Å²) in [6, 6.07) is 10.7. The summed E-state index contributed by atoms with van der Waals surface area (Å²) in [5.41, 5.74) is 3.85. The maximum absolute atomic E-state index is 13.2. The predicted octanol–water partition coefficient (Wildman–Crippen LogP) is 6.17. The molecule has 9 heteroatoms. The van der Waals surface area contributed by atoms with Crippen molar-refractivity contribution in [3.63, 3.8) is 0 Å². The molecule has 0 amide bonds. The lowest BCUT2D eigenvalue weighted by atomic mass is 10.0. The zero-order chi connectivity index (χ0) is 24.7. The summed E-state index contributed by atoms with van der Waals surface area (Å²) in [7, 11) is 0. The summed E-state index contributed by atoms with van der Waals surface area (Å²) in [5.74, 6) is 1.34. The number of hydrogen-bond donors (Lipinski definition) is 0. The van der Waals surface area contributed by atoms with E-state index in [-0.39, 0.29) is 40.8 Å². The average molecular weight is 572 g/mol. The van der Waals surface area contributed by atoms with E-state index in [1.165, 1.54) is 23.5 Å². The number of nitrogens with zero attached hydrogens (tertiary/aromatic N) is 2. The maximum atomic E-state index is 13.2. The second kappa shape index (κ2) is 15.8. The number of rotatable bonds is 12. The third-order valence-electron chi connectivity index (χ3n) is 6.36. The SMILES string of the molecule is CCN(CC)CCSC(=O)c1ccc2c(c1)C(=O)c1cc(C(=O)SCCN(CC)CC)ccc1-2.Cl.Cl. The first-order chi connectivity index (χ1) is 16.4. The summed E-state index contributed by atoms with van der Waals surface area (Å²) < 4.78 is 0. The van der Waals surface area contributed by atoms with Crippen molar-refractivity contribution >= 4 is 64.4 Å². The van der Waals surface area contributed by atoms with Crippen LogP contribution < -0.4 is 0 Å². The van der Waals surface area contributed by atoms with Crippen LogP contribution in [0.4, 0.5) is 0 Å². The van der Waals surface area contributed by atoms with E-state index in [0.29, 0.717) is 22.3 Å². The van der Waals surface area contributed by atoms with Crippen LogP contribution in [0.5, 0.6) is 0 Å². The second-order valence-electron chi connectivity index (χ2n) is 8.18. The first-order valence-corrected chi connectivity index (χ1v) is 14.0. The quantitative estimate of drug-likeness (QED) is 0.258. The number of carbonyl (C=O) groups excluding carboxylic acids is 3. The van der Waals surface area contributed by atoms with Crippen molar-refractivity contribution in [3.05, 3.63) is 58.7 Å². The monoisotopic (exact) mass is 570 g/mol. The van der Waals surface area contributed by atoms with Gasteiger partial charge >= 0.3 is 0 Å². The topological polar surface area (TPSA) is 57.7 Å². The normalized spacial score (nSPS) is 11.7. The van der Waals surface area contributed by atoms with Crippen molar-refractivity contribution in [1.82, 2.24) is 9.80 Å². The molecule has 0 unspecified atom stereocenters. The number of ketones is 1. The fourth-order valence-electron chi connectivity index (χ4n) is 4.11. The number of thioether (sulfide) groups is 2. The molecule has 0 saturated heterocycles. The highest BCUT2D eigenvalue weighted by molar-refractivity contribution is 8.14. The molecule has 0 radical (unpaired) electrons. The van der Waals surface area contributed by atoms with Gasteiger partial charge in [0, 0.05) is 46.8 Å². The molecule has 3 rings (SSSR count). The van der Waals surface area contributed by atoms with Crippen LogP contribution in [0.2, 0.25) is 0 Å². The standard InChI is InChI=1S/C27H34N2O3S2.2ClH/c1-5-28(6-2)13-15-33-26(31)19-9-11-21-22-12-10-20(18-24(22)25(30)23(21)17-19)27(32)34-16-14-29(7-3)8-4;;/h9-12,17-18H,5-8,13-16H2,1-4H3;2*1H. The molecule has 0 aliphatic heterocycles. The van der Waals surface area contributed by atoms with Gasteiger partial charge in [-0.1, -0.05) is 63.4 Å². The minimum Gasteiger partial charge on any atom is -0.303 e. The van der Waals surface area contributed by atoms with E-state index >= 15 is 0 Å². The summed E-state index contributed by atoms with van der Waals surface area (Å²) in [4.78, 5) is 43.1. The van der Waals surface area contributed by atoms with E-state index in [2.05, 4.69) is 37.5 Å². The Labute approximate surface area is 236 Å². The zero-order valence-corrected chi connectivity index (χ0v) is 24.6. The van der Waals surface area contributed by atoms with E-state index in [1.807, 2.05) is 12.1 Å². The molecule has 0 aromatic heterocycles. The van der Waals surface area contributed by atoms with Crippen LogP contribution in [0, 0.1) is 0 Å². The first-order valence-electron chi connectivity index (χ1n) is 12.0. The Bertz CT molecular complexity index is 976. The van der Waals surface area contributed by atoms with E-state index in [4.69, 9.17) is 0 Å². The number of carbonyl (C=O) groups is 3. The summed E-state index contributed by atoms with van der Waals surface area (Å²) in [6.07, 6.45) is 0. The van der Waals surface area contributed by atoms with Crippen molar-refractivity contribution in [2.45, 2.75) is 27.7 Å². The van der Waals surface area contributed by atoms with Gasteiger partial charge in [-0.2, -0.15) is 0 Å². The molecular formula is C27H36Cl2N2O3S2. The Kier molecular flexibility index (Phi) is 14.3. The minimum atomic E-state index is -0.115. The van der Waals surface area contributed by atoms with Gasteiger partial charge in [-0.15, -0.1) is 24.8 Å². The summed E-state index contributed by atoms with van der Waals surface area (Å²) >= 11 is 2.59. The van der Waals surface area contributed by atoms with E-state index in [9.17, 15) is 14.4 Å². The molecule has 0 heterocycles. The van der Waals surface area contributed by atoms with Gasteiger partial charge in [-0.3, -0.25) is 14.4 Å². The van der Waals surface area contributed by atoms with Gasteiger partial charge in [-0.05, 0) is 61.6 Å². The fourth-order valence-corrected chi connectivity index (χ4v) is 5.77. The van der Waals surface area contributed by atoms with Gasteiger partial charge in [-0.25, -0.2) is 0 Å². The van der Waals surface area contributed by atoms with Crippen LogP contribution in [-0.2, 0) is 0 Å². The van der Waals surface area contributed by atoms with Crippen LogP contribution in [-0.4, -0.2) is 76.6 Å². The molecule has 5 nitrogen and oxygen atoms in total. The Morgan fingerprint density at radius 2 is 1.00 bits per heavy atom. The molecule has 2 aromatic carbocycles. The van der Waals surface area contributed by atoms with Gasteiger partial charge in [0.05, 0.1) is 0 Å². The van der Waals surface area contributed by atoms with Crippen LogP contribution in [0.25, 0.3) is 11.1 Å². The summed E-state index contributed by atoms with van der Waals surface area (Å²) in [6.45, 7) is 14.1. The van der Waals surface area contributed by atoms with Crippen molar-refractivity contribution in [3.8, 4) is 11.1 Å². The van der Waals surface area contributed by atoms with E-state index in [0.717, 1.165) is 61.9 Å². The molecule has 0 atom stereocenters. The number of halogens is 2. The fraction of sp³-hybridized carbons (Fsp3) is 0.444. The van der Waals surface area contributed by atoms with Crippen LogP contribution in [0.15, 0.2) is 36.4 Å². The van der Waals surface area contributed by atoms with Gasteiger partial charge in [0.2, 0.25) is 10.2 Å². The molecule has 0 bridgehead atoms. The third-order valence-corrected chi connectivity index (χ3v) is 8.13. The first kappa shape index (κ1) is 32.7. The summed E-state index contributed by atoms with van der Waals surface area (Å²) in [5, 5.41) is -0.0293. The highest BCUT2D eigenvalue weighted by Crippen LogP contribution is 2.38. The molecular weight excluding hydrogens is 535 g/mol. The predicted molar refractivity (Wildman–Crippen MR) is 159 cm³/mol. The largest absolute Gasteiger partial charge is 0.303 e. The van der Waals surface area contributed by atoms with E-state index < -0.39 is 0 Å². The molecule has 1 aliphatic rings. The molecule has 0 spiro atoms.